The second-order valence-corrected chi connectivity index (χ2v) is 6.77. The van der Waals surface area contributed by atoms with Crippen molar-refractivity contribution in [2.24, 2.45) is 0 Å². The van der Waals surface area contributed by atoms with Crippen LogP contribution in [0.3, 0.4) is 0 Å². The Balaban J connectivity index is 1.42. The van der Waals surface area contributed by atoms with Gasteiger partial charge in [0, 0.05) is 31.0 Å². The summed E-state index contributed by atoms with van der Waals surface area (Å²) in [5, 5.41) is 0. The van der Waals surface area contributed by atoms with Crippen LogP contribution in [-0.4, -0.2) is 45.7 Å². The summed E-state index contributed by atoms with van der Waals surface area (Å²) < 4.78 is 5.86. The average molecular weight is 343 g/mol. The van der Waals surface area contributed by atoms with E-state index in [1.165, 1.54) is 5.56 Å². The number of benzene rings is 1. The van der Waals surface area contributed by atoms with Crippen molar-refractivity contribution < 1.29 is 9.53 Å². The zero-order chi connectivity index (χ0) is 16.8. The number of thioether (sulfide) groups is 1. The lowest BCUT2D eigenvalue weighted by Crippen LogP contribution is -2.32. The third-order valence-electron chi connectivity index (χ3n) is 3.87. The van der Waals surface area contributed by atoms with Gasteiger partial charge < -0.3 is 9.64 Å². The largest absolute Gasteiger partial charge is 0.472 e. The van der Waals surface area contributed by atoms with Gasteiger partial charge in [0.15, 0.2) is 0 Å². The second kappa shape index (κ2) is 8.15. The van der Waals surface area contributed by atoms with Crippen molar-refractivity contribution in [1.29, 1.82) is 0 Å². The molecule has 5 nitrogen and oxygen atoms in total. The Labute approximate surface area is 146 Å². The molecule has 6 heteroatoms. The Hall–Kier alpha value is -2.08. The fraction of sp³-hybridized carbons (Fsp3) is 0.389. The summed E-state index contributed by atoms with van der Waals surface area (Å²) in [6, 6.07) is 12.0. The summed E-state index contributed by atoms with van der Waals surface area (Å²) in [5.74, 6) is 2.83. The quantitative estimate of drug-likeness (QED) is 0.807. The number of rotatable bonds is 6. The molecule has 1 saturated heterocycles. The van der Waals surface area contributed by atoms with E-state index in [1.807, 2.05) is 30.0 Å². The van der Waals surface area contributed by atoms with E-state index in [4.69, 9.17) is 4.74 Å². The molecule has 0 aliphatic carbocycles. The molecular weight excluding hydrogens is 322 g/mol. The number of aromatic nitrogens is 2. The smallest absolute Gasteiger partial charge is 0.232 e. The molecule has 1 atom stereocenters. The molecule has 3 rings (SSSR count). The molecule has 1 amide bonds. The fourth-order valence-corrected chi connectivity index (χ4v) is 3.53. The molecule has 1 fully saturated rings. The lowest BCUT2D eigenvalue weighted by Gasteiger charge is -2.17. The lowest BCUT2D eigenvalue weighted by atomic mass is 10.2. The number of ether oxygens (including phenoxy) is 1. The lowest BCUT2D eigenvalue weighted by molar-refractivity contribution is -0.127. The molecule has 2 heterocycles. The van der Waals surface area contributed by atoms with E-state index in [2.05, 4.69) is 22.1 Å². The number of aryl methyl sites for hydroxylation is 1. The van der Waals surface area contributed by atoms with Crippen LogP contribution in [0.2, 0.25) is 0 Å². The van der Waals surface area contributed by atoms with E-state index in [1.54, 1.807) is 24.0 Å². The summed E-state index contributed by atoms with van der Waals surface area (Å²) in [4.78, 5) is 22.5. The molecule has 0 radical (unpaired) electrons. The van der Waals surface area contributed by atoms with Gasteiger partial charge in [-0.3, -0.25) is 4.79 Å². The van der Waals surface area contributed by atoms with E-state index >= 15 is 0 Å². The van der Waals surface area contributed by atoms with Crippen molar-refractivity contribution in [3.8, 4) is 5.88 Å². The highest BCUT2D eigenvalue weighted by Gasteiger charge is 2.27. The van der Waals surface area contributed by atoms with Crippen LogP contribution in [0.25, 0.3) is 0 Å². The molecule has 0 N–H and O–H groups in total. The van der Waals surface area contributed by atoms with Crippen molar-refractivity contribution in [1.82, 2.24) is 14.9 Å². The number of nitrogens with zero attached hydrogens (tertiary/aromatic N) is 3. The molecule has 0 saturated carbocycles. The van der Waals surface area contributed by atoms with Gasteiger partial charge in [0.25, 0.3) is 0 Å². The topological polar surface area (TPSA) is 55.3 Å². The van der Waals surface area contributed by atoms with Gasteiger partial charge in [0.05, 0.1) is 12.3 Å². The Morgan fingerprint density at radius 3 is 2.96 bits per heavy atom. The zero-order valence-electron chi connectivity index (χ0n) is 13.7. The number of hydrogen-bond donors (Lipinski definition) is 0. The molecule has 1 aromatic carbocycles. The van der Waals surface area contributed by atoms with Gasteiger partial charge in [0.2, 0.25) is 11.8 Å². The van der Waals surface area contributed by atoms with Crippen LogP contribution in [0.1, 0.15) is 17.8 Å². The van der Waals surface area contributed by atoms with Crippen molar-refractivity contribution in [3.63, 3.8) is 0 Å². The van der Waals surface area contributed by atoms with E-state index in [-0.39, 0.29) is 12.0 Å². The van der Waals surface area contributed by atoms with Crippen LogP contribution in [-0.2, 0) is 10.5 Å². The van der Waals surface area contributed by atoms with E-state index in [0.29, 0.717) is 24.0 Å². The zero-order valence-corrected chi connectivity index (χ0v) is 14.5. The monoisotopic (exact) mass is 343 g/mol. The Morgan fingerprint density at radius 2 is 2.17 bits per heavy atom. The first kappa shape index (κ1) is 16.8. The first-order chi connectivity index (χ1) is 11.7. The Bertz CT molecular complexity index is 681. The summed E-state index contributed by atoms with van der Waals surface area (Å²) in [5.41, 5.74) is 1.25. The SMILES string of the molecule is Cc1nccc(OC2CCN(C(=O)CSCc3ccccc3)C2)n1. The molecule has 24 heavy (non-hydrogen) atoms. The first-order valence-corrected chi connectivity index (χ1v) is 9.22. The van der Waals surface area contributed by atoms with Crippen LogP contribution in [0, 0.1) is 6.92 Å². The van der Waals surface area contributed by atoms with Gasteiger partial charge in [-0.15, -0.1) is 11.8 Å². The predicted molar refractivity (Wildman–Crippen MR) is 95.0 cm³/mol. The van der Waals surface area contributed by atoms with Crippen molar-refractivity contribution in [3.05, 3.63) is 54.0 Å². The number of amides is 1. The van der Waals surface area contributed by atoms with Gasteiger partial charge in [-0.2, -0.15) is 4.98 Å². The number of carbonyl (C=O) groups excluding carboxylic acids is 1. The summed E-state index contributed by atoms with van der Waals surface area (Å²) >= 11 is 1.66. The molecule has 1 unspecified atom stereocenters. The van der Waals surface area contributed by atoms with Crippen molar-refractivity contribution >= 4 is 17.7 Å². The van der Waals surface area contributed by atoms with E-state index in [0.717, 1.165) is 18.7 Å². The van der Waals surface area contributed by atoms with E-state index < -0.39 is 0 Å². The molecule has 126 valence electrons. The molecule has 1 aliphatic rings. The molecular formula is C18H21N3O2S. The molecule has 2 aromatic rings. The maximum atomic E-state index is 12.3. The normalized spacial score (nSPS) is 17.0. The average Bonchev–Trinajstić information content (AvgIpc) is 3.04. The first-order valence-electron chi connectivity index (χ1n) is 8.06. The number of carbonyl (C=O) groups is 1. The van der Waals surface area contributed by atoms with Crippen LogP contribution in [0.4, 0.5) is 0 Å². The van der Waals surface area contributed by atoms with Gasteiger partial charge >= 0.3 is 0 Å². The van der Waals surface area contributed by atoms with Crippen LogP contribution in [0.5, 0.6) is 5.88 Å². The standard InChI is InChI=1S/C18H21N3O2S/c1-14-19-9-7-17(20-14)23-16-8-10-21(11-16)18(22)13-24-12-15-5-3-2-4-6-15/h2-7,9,16H,8,10-13H2,1H3. The highest BCUT2D eigenvalue weighted by Crippen LogP contribution is 2.18. The highest BCUT2D eigenvalue weighted by atomic mass is 32.2. The summed E-state index contributed by atoms with van der Waals surface area (Å²) in [7, 11) is 0. The second-order valence-electron chi connectivity index (χ2n) is 5.79. The van der Waals surface area contributed by atoms with Crippen molar-refractivity contribution in [2.75, 3.05) is 18.8 Å². The highest BCUT2D eigenvalue weighted by molar-refractivity contribution is 7.99. The Morgan fingerprint density at radius 1 is 1.33 bits per heavy atom. The van der Waals surface area contributed by atoms with Crippen LogP contribution >= 0.6 is 11.8 Å². The van der Waals surface area contributed by atoms with Gasteiger partial charge in [-0.05, 0) is 12.5 Å². The summed E-state index contributed by atoms with van der Waals surface area (Å²) in [6.07, 6.45) is 2.55. The third-order valence-corrected chi connectivity index (χ3v) is 4.86. The third kappa shape index (κ3) is 4.71. The van der Waals surface area contributed by atoms with Crippen LogP contribution in [0.15, 0.2) is 42.6 Å². The minimum atomic E-state index is 0.0161. The van der Waals surface area contributed by atoms with Gasteiger partial charge in [0.1, 0.15) is 11.9 Å². The molecule has 1 aromatic heterocycles. The maximum absolute atomic E-state index is 12.3. The molecule has 0 spiro atoms. The van der Waals surface area contributed by atoms with E-state index in [9.17, 15) is 4.79 Å². The number of likely N-dealkylation sites (tertiary alicyclic amines) is 1. The summed E-state index contributed by atoms with van der Waals surface area (Å²) in [6.45, 7) is 3.22. The van der Waals surface area contributed by atoms with Crippen molar-refractivity contribution in [2.45, 2.75) is 25.2 Å². The van der Waals surface area contributed by atoms with Gasteiger partial charge in [-0.25, -0.2) is 4.98 Å². The molecule has 1 aliphatic heterocycles. The predicted octanol–water partition coefficient (Wildman–Crippen LogP) is 2.70. The minimum absolute atomic E-state index is 0.0161. The Kier molecular flexibility index (Phi) is 5.69. The fourth-order valence-electron chi connectivity index (χ4n) is 2.64. The minimum Gasteiger partial charge on any atom is -0.472 e. The maximum Gasteiger partial charge on any atom is 0.232 e. The van der Waals surface area contributed by atoms with Crippen LogP contribution < -0.4 is 4.74 Å². The number of hydrogen-bond acceptors (Lipinski definition) is 5. The van der Waals surface area contributed by atoms with Gasteiger partial charge in [-0.1, -0.05) is 30.3 Å². The molecule has 0 bridgehead atoms.